The monoisotopic (exact) mass is 368 g/mol. The fraction of sp³-hybridized carbons (Fsp3) is 0.294. The maximum atomic E-state index is 12.6. The molecule has 0 amide bonds. The van der Waals surface area contributed by atoms with Gasteiger partial charge in [-0.15, -0.1) is 0 Å². The lowest BCUT2D eigenvalue weighted by molar-refractivity contribution is 0.403. The Hall–Kier alpha value is -1.92. The van der Waals surface area contributed by atoms with Gasteiger partial charge in [0.2, 0.25) is 0 Å². The Labute approximate surface area is 148 Å². The lowest BCUT2D eigenvalue weighted by Gasteiger charge is -2.13. The highest BCUT2D eigenvalue weighted by Gasteiger charge is 2.20. The number of benzene rings is 2. The van der Waals surface area contributed by atoms with Crippen LogP contribution in [0.5, 0.6) is 5.75 Å². The summed E-state index contributed by atoms with van der Waals surface area (Å²) in [7, 11) is -2.38. The SMILES string of the molecule is COc1ccc(Cl)cc1S(=O)(=O)Nc1ccc(NCC(C)C)cc1. The number of hydrogen-bond donors (Lipinski definition) is 2. The second-order valence-corrected chi connectivity index (χ2v) is 7.84. The standard InChI is InChI=1S/C17H21ClN2O3S/c1-12(2)11-19-14-5-7-15(8-6-14)20-24(21,22)17-10-13(18)4-9-16(17)23-3/h4-10,12,19-20H,11H2,1-3H3. The van der Waals surface area contributed by atoms with E-state index in [1.165, 1.54) is 19.2 Å². The molecule has 0 heterocycles. The van der Waals surface area contributed by atoms with E-state index < -0.39 is 10.0 Å². The number of anilines is 2. The van der Waals surface area contributed by atoms with Crippen LogP contribution in [-0.2, 0) is 10.0 Å². The minimum Gasteiger partial charge on any atom is -0.495 e. The Morgan fingerprint density at radius 3 is 2.29 bits per heavy atom. The largest absolute Gasteiger partial charge is 0.495 e. The second-order valence-electron chi connectivity index (χ2n) is 5.75. The first-order valence-corrected chi connectivity index (χ1v) is 9.38. The summed E-state index contributed by atoms with van der Waals surface area (Å²) < 4.78 is 32.8. The molecular formula is C17H21ClN2O3S. The molecule has 0 unspecified atom stereocenters. The summed E-state index contributed by atoms with van der Waals surface area (Å²) in [6, 6.07) is 11.5. The first kappa shape index (κ1) is 18.4. The summed E-state index contributed by atoms with van der Waals surface area (Å²) in [5.41, 5.74) is 1.40. The number of methoxy groups -OCH3 is 1. The van der Waals surface area contributed by atoms with Gasteiger partial charge in [0.25, 0.3) is 10.0 Å². The van der Waals surface area contributed by atoms with Crippen LogP contribution in [0.3, 0.4) is 0 Å². The lowest BCUT2D eigenvalue weighted by Crippen LogP contribution is -2.14. The minimum atomic E-state index is -3.80. The third kappa shape index (κ3) is 4.79. The molecule has 0 spiro atoms. The van der Waals surface area contributed by atoms with E-state index in [0.717, 1.165) is 12.2 Å². The van der Waals surface area contributed by atoms with Crippen LogP contribution < -0.4 is 14.8 Å². The molecule has 0 atom stereocenters. The number of nitrogens with one attached hydrogen (secondary N) is 2. The molecular weight excluding hydrogens is 348 g/mol. The molecule has 2 rings (SSSR count). The van der Waals surface area contributed by atoms with Gasteiger partial charge in [-0.05, 0) is 48.4 Å². The molecule has 0 radical (unpaired) electrons. The first-order chi connectivity index (χ1) is 11.3. The quantitative estimate of drug-likeness (QED) is 0.767. The van der Waals surface area contributed by atoms with Crippen molar-refractivity contribution in [2.45, 2.75) is 18.7 Å². The van der Waals surface area contributed by atoms with E-state index in [4.69, 9.17) is 16.3 Å². The summed E-state index contributed by atoms with van der Waals surface area (Å²) in [6.45, 7) is 5.09. The van der Waals surface area contributed by atoms with Crippen molar-refractivity contribution in [2.75, 3.05) is 23.7 Å². The molecule has 0 aliphatic rings. The zero-order valence-electron chi connectivity index (χ0n) is 13.8. The van der Waals surface area contributed by atoms with E-state index in [0.29, 0.717) is 16.6 Å². The van der Waals surface area contributed by atoms with Gasteiger partial charge >= 0.3 is 0 Å². The van der Waals surface area contributed by atoms with Crippen LogP contribution in [0.25, 0.3) is 0 Å². The molecule has 0 fully saturated rings. The molecule has 2 N–H and O–H groups in total. The Morgan fingerprint density at radius 2 is 1.71 bits per heavy atom. The number of rotatable bonds is 7. The van der Waals surface area contributed by atoms with Gasteiger partial charge in [0.1, 0.15) is 10.6 Å². The average Bonchev–Trinajstić information content (AvgIpc) is 2.54. The Balaban J connectivity index is 2.19. The molecule has 7 heteroatoms. The van der Waals surface area contributed by atoms with Crippen LogP contribution in [-0.4, -0.2) is 22.1 Å². The third-order valence-electron chi connectivity index (χ3n) is 3.27. The molecule has 0 aliphatic heterocycles. The summed E-state index contributed by atoms with van der Waals surface area (Å²) in [5.74, 6) is 0.764. The van der Waals surface area contributed by atoms with Crippen LogP contribution in [0.2, 0.25) is 5.02 Å². The maximum absolute atomic E-state index is 12.6. The Kier molecular flexibility index (Phi) is 5.96. The van der Waals surface area contributed by atoms with Gasteiger partial charge in [-0.1, -0.05) is 25.4 Å². The molecule has 0 saturated heterocycles. The molecule has 0 aromatic heterocycles. The molecule has 0 bridgehead atoms. The topological polar surface area (TPSA) is 67.4 Å². The van der Waals surface area contributed by atoms with Crippen LogP contribution in [0.15, 0.2) is 47.4 Å². The highest BCUT2D eigenvalue weighted by Crippen LogP contribution is 2.29. The summed E-state index contributed by atoms with van der Waals surface area (Å²) in [6.07, 6.45) is 0. The van der Waals surface area contributed by atoms with Crippen molar-refractivity contribution in [1.82, 2.24) is 0 Å². The van der Waals surface area contributed by atoms with Crippen LogP contribution in [0, 0.1) is 5.92 Å². The number of hydrogen-bond acceptors (Lipinski definition) is 4. The summed E-state index contributed by atoms with van der Waals surface area (Å²) in [4.78, 5) is -0.000454. The van der Waals surface area contributed by atoms with E-state index >= 15 is 0 Å². The van der Waals surface area contributed by atoms with Gasteiger partial charge in [0.05, 0.1) is 7.11 Å². The van der Waals surface area contributed by atoms with Crippen molar-refractivity contribution < 1.29 is 13.2 Å². The van der Waals surface area contributed by atoms with E-state index in [-0.39, 0.29) is 10.6 Å². The molecule has 0 saturated carbocycles. The number of halogens is 1. The zero-order chi connectivity index (χ0) is 17.7. The predicted octanol–water partition coefficient (Wildman–Crippen LogP) is 4.22. The van der Waals surface area contributed by atoms with Gasteiger partial charge in [-0.3, -0.25) is 4.72 Å². The lowest BCUT2D eigenvalue weighted by atomic mass is 10.2. The zero-order valence-corrected chi connectivity index (χ0v) is 15.4. The normalized spacial score (nSPS) is 11.4. The van der Waals surface area contributed by atoms with Crippen molar-refractivity contribution in [3.05, 3.63) is 47.5 Å². The summed E-state index contributed by atoms with van der Waals surface area (Å²) >= 11 is 5.91. The fourth-order valence-corrected chi connectivity index (χ4v) is 3.54. The van der Waals surface area contributed by atoms with E-state index in [2.05, 4.69) is 23.9 Å². The van der Waals surface area contributed by atoms with Crippen molar-refractivity contribution in [1.29, 1.82) is 0 Å². The fourth-order valence-electron chi connectivity index (χ4n) is 2.05. The van der Waals surface area contributed by atoms with Gasteiger partial charge in [0, 0.05) is 22.9 Å². The Morgan fingerprint density at radius 1 is 1.08 bits per heavy atom. The highest BCUT2D eigenvalue weighted by atomic mass is 35.5. The van der Waals surface area contributed by atoms with Crippen LogP contribution in [0.4, 0.5) is 11.4 Å². The smallest absolute Gasteiger partial charge is 0.265 e. The van der Waals surface area contributed by atoms with Crippen molar-refractivity contribution in [3.63, 3.8) is 0 Å². The number of sulfonamides is 1. The van der Waals surface area contributed by atoms with Crippen LogP contribution >= 0.6 is 11.6 Å². The third-order valence-corrected chi connectivity index (χ3v) is 4.90. The maximum Gasteiger partial charge on any atom is 0.265 e. The van der Waals surface area contributed by atoms with E-state index in [1.54, 1.807) is 18.2 Å². The van der Waals surface area contributed by atoms with Gasteiger partial charge in [-0.25, -0.2) is 8.42 Å². The molecule has 130 valence electrons. The van der Waals surface area contributed by atoms with E-state index in [1.807, 2.05) is 12.1 Å². The highest BCUT2D eigenvalue weighted by molar-refractivity contribution is 7.92. The first-order valence-electron chi connectivity index (χ1n) is 7.52. The van der Waals surface area contributed by atoms with Crippen LogP contribution in [0.1, 0.15) is 13.8 Å². The van der Waals surface area contributed by atoms with Gasteiger partial charge in [0.15, 0.2) is 0 Å². The van der Waals surface area contributed by atoms with Crippen molar-refractivity contribution >= 4 is 33.0 Å². The molecule has 0 aliphatic carbocycles. The Bertz CT molecular complexity index is 790. The average molecular weight is 369 g/mol. The predicted molar refractivity (Wildman–Crippen MR) is 98.6 cm³/mol. The second kappa shape index (κ2) is 7.77. The minimum absolute atomic E-state index is 0.000454. The molecule has 5 nitrogen and oxygen atoms in total. The molecule has 24 heavy (non-hydrogen) atoms. The van der Waals surface area contributed by atoms with Crippen molar-refractivity contribution in [3.8, 4) is 5.75 Å². The molecule has 2 aromatic rings. The van der Waals surface area contributed by atoms with E-state index in [9.17, 15) is 8.42 Å². The molecule has 2 aromatic carbocycles. The summed E-state index contributed by atoms with van der Waals surface area (Å²) in [5, 5.41) is 3.60. The van der Waals surface area contributed by atoms with Gasteiger partial charge in [-0.2, -0.15) is 0 Å². The van der Waals surface area contributed by atoms with Crippen molar-refractivity contribution in [2.24, 2.45) is 5.92 Å². The van der Waals surface area contributed by atoms with Gasteiger partial charge < -0.3 is 10.1 Å². The number of ether oxygens (including phenoxy) is 1.